The number of pyridine rings is 1. The van der Waals surface area contributed by atoms with Crippen molar-refractivity contribution in [3.05, 3.63) is 58.0 Å². The Hall–Kier alpha value is -3.64. The smallest absolute Gasteiger partial charge is 0.290 e. The first-order valence-electron chi connectivity index (χ1n) is 12.0. The molecule has 0 saturated carbocycles. The van der Waals surface area contributed by atoms with E-state index in [2.05, 4.69) is 35.6 Å². The normalized spacial score (nSPS) is 17.6. The summed E-state index contributed by atoms with van der Waals surface area (Å²) in [4.78, 5) is 39.2. The van der Waals surface area contributed by atoms with Crippen LogP contribution in [0.25, 0.3) is 17.3 Å². The number of aryl methyl sites for hydroxylation is 2. The van der Waals surface area contributed by atoms with Crippen molar-refractivity contribution < 1.29 is 18.5 Å². The zero-order chi connectivity index (χ0) is 25.9. The Morgan fingerprint density at radius 2 is 2.05 bits per heavy atom. The summed E-state index contributed by atoms with van der Waals surface area (Å²) in [5.74, 6) is 0.932. The number of carbonyl (C=O) groups is 2. The highest BCUT2D eigenvalue weighted by Crippen LogP contribution is 2.27. The molecule has 2 N–H and O–H groups in total. The summed E-state index contributed by atoms with van der Waals surface area (Å²) in [5, 5.41) is 9.22. The van der Waals surface area contributed by atoms with Crippen molar-refractivity contribution in [2.24, 2.45) is 5.92 Å². The monoisotopic (exact) mass is 523 g/mol. The lowest BCUT2D eigenvalue weighted by Gasteiger charge is -2.32. The number of nitrogens with one attached hydrogen (secondary N) is 2. The molecular formula is C25H26FN7O3S. The molecule has 3 aromatic heterocycles. The Morgan fingerprint density at radius 1 is 1.24 bits per heavy atom. The van der Waals surface area contributed by atoms with Crippen molar-refractivity contribution in [3.8, 4) is 11.3 Å². The summed E-state index contributed by atoms with van der Waals surface area (Å²) in [6, 6.07) is 4.56. The molecule has 0 atom stereocenters. The first kappa shape index (κ1) is 25.0. The van der Waals surface area contributed by atoms with Crippen LogP contribution in [0.1, 0.15) is 35.7 Å². The molecule has 192 valence electrons. The summed E-state index contributed by atoms with van der Waals surface area (Å²) in [5.41, 5.74) is 3.15. The maximum absolute atomic E-state index is 14.3. The molecule has 2 aliphatic rings. The number of anilines is 1. The molecule has 2 amide bonds. The van der Waals surface area contributed by atoms with Crippen LogP contribution in [0, 0.1) is 25.6 Å². The third-order valence-electron chi connectivity index (χ3n) is 6.35. The van der Waals surface area contributed by atoms with Gasteiger partial charge in [0.2, 0.25) is 5.95 Å². The van der Waals surface area contributed by atoms with Crippen LogP contribution in [0.15, 0.2) is 33.8 Å². The van der Waals surface area contributed by atoms with E-state index in [-0.39, 0.29) is 11.1 Å². The second-order valence-electron chi connectivity index (χ2n) is 9.06. The van der Waals surface area contributed by atoms with E-state index in [1.165, 1.54) is 12.1 Å². The van der Waals surface area contributed by atoms with Crippen LogP contribution in [0.5, 0.6) is 0 Å². The molecule has 2 fully saturated rings. The highest BCUT2D eigenvalue weighted by atomic mass is 32.2. The molecule has 3 aromatic rings. The third kappa shape index (κ3) is 5.86. The van der Waals surface area contributed by atoms with Gasteiger partial charge in [-0.1, -0.05) is 5.16 Å². The Bertz CT molecular complexity index is 1350. The van der Waals surface area contributed by atoms with Gasteiger partial charge in [0.05, 0.1) is 33.2 Å². The fourth-order valence-corrected chi connectivity index (χ4v) is 5.18. The molecule has 0 radical (unpaired) electrons. The Balaban J connectivity index is 1.14. The van der Waals surface area contributed by atoms with E-state index in [1.54, 1.807) is 25.3 Å². The third-order valence-corrected chi connectivity index (χ3v) is 7.17. The molecule has 0 aliphatic carbocycles. The van der Waals surface area contributed by atoms with E-state index >= 15 is 0 Å². The van der Waals surface area contributed by atoms with Gasteiger partial charge >= 0.3 is 0 Å². The molecule has 0 spiro atoms. The zero-order valence-electron chi connectivity index (χ0n) is 20.5. The van der Waals surface area contributed by atoms with Crippen LogP contribution in [-0.2, 0) is 11.3 Å². The molecule has 37 heavy (non-hydrogen) atoms. The number of hydrogen-bond donors (Lipinski definition) is 2. The number of carbonyl (C=O) groups excluding carboxylic acids is 2. The van der Waals surface area contributed by atoms with Crippen molar-refractivity contribution >= 4 is 34.9 Å². The van der Waals surface area contributed by atoms with Crippen LogP contribution < -0.4 is 15.5 Å². The minimum atomic E-state index is -0.406. The van der Waals surface area contributed by atoms with Gasteiger partial charge in [-0.25, -0.2) is 14.4 Å². The Kier molecular flexibility index (Phi) is 7.28. The van der Waals surface area contributed by atoms with Crippen LogP contribution in [0.2, 0.25) is 0 Å². The van der Waals surface area contributed by atoms with Crippen LogP contribution in [0.4, 0.5) is 15.1 Å². The molecule has 0 bridgehead atoms. The number of halogens is 1. The first-order valence-corrected chi connectivity index (χ1v) is 12.8. The van der Waals surface area contributed by atoms with E-state index in [4.69, 9.17) is 4.52 Å². The van der Waals surface area contributed by atoms with Crippen LogP contribution in [0.3, 0.4) is 0 Å². The van der Waals surface area contributed by atoms with Crippen LogP contribution in [-0.4, -0.2) is 50.9 Å². The Morgan fingerprint density at radius 3 is 2.76 bits per heavy atom. The number of rotatable bonds is 7. The number of thioether (sulfide) groups is 1. The summed E-state index contributed by atoms with van der Waals surface area (Å²) in [7, 11) is 0. The van der Waals surface area contributed by atoms with Crippen molar-refractivity contribution in [3.63, 3.8) is 0 Å². The zero-order valence-corrected chi connectivity index (χ0v) is 21.3. The highest BCUT2D eigenvalue weighted by molar-refractivity contribution is 8.18. The largest absolute Gasteiger partial charge is 0.361 e. The second kappa shape index (κ2) is 10.8. The van der Waals surface area contributed by atoms with Gasteiger partial charge < -0.3 is 14.7 Å². The summed E-state index contributed by atoms with van der Waals surface area (Å²) >= 11 is 0.866. The van der Waals surface area contributed by atoms with Crippen molar-refractivity contribution in [2.75, 3.05) is 24.5 Å². The van der Waals surface area contributed by atoms with Gasteiger partial charge in [-0.2, -0.15) is 0 Å². The molecule has 0 aromatic carbocycles. The lowest BCUT2D eigenvalue weighted by molar-refractivity contribution is -0.115. The fraction of sp³-hybridized carbons (Fsp3) is 0.360. The number of imide groups is 1. The highest BCUT2D eigenvalue weighted by Gasteiger charge is 2.26. The van der Waals surface area contributed by atoms with E-state index in [1.807, 2.05) is 6.92 Å². The predicted molar refractivity (Wildman–Crippen MR) is 137 cm³/mol. The summed E-state index contributed by atoms with van der Waals surface area (Å²) in [6.45, 7) is 6.46. The van der Waals surface area contributed by atoms with E-state index in [9.17, 15) is 14.0 Å². The number of amides is 2. The van der Waals surface area contributed by atoms with E-state index in [0.29, 0.717) is 51.9 Å². The molecule has 10 nitrogen and oxygen atoms in total. The lowest BCUT2D eigenvalue weighted by atomic mass is 9.97. The average molecular weight is 524 g/mol. The topological polar surface area (TPSA) is 126 Å². The molecule has 5 rings (SSSR count). The van der Waals surface area contributed by atoms with Gasteiger partial charge in [0, 0.05) is 31.9 Å². The van der Waals surface area contributed by atoms with Gasteiger partial charge in [0.25, 0.3) is 11.1 Å². The summed E-state index contributed by atoms with van der Waals surface area (Å²) in [6.07, 6.45) is 5.17. The van der Waals surface area contributed by atoms with Gasteiger partial charge in [-0.15, -0.1) is 0 Å². The summed E-state index contributed by atoms with van der Waals surface area (Å²) < 4.78 is 19.5. The molecule has 5 heterocycles. The van der Waals surface area contributed by atoms with E-state index in [0.717, 1.165) is 49.8 Å². The van der Waals surface area contributed by atoms with Crippen molar-refractivity contribution in [2.45, 2.75) is 33.2 Å². The second-order valence-corrected chi connectivity index (χ2v) is 10.1. The fourth-order valence-electron chi connectivity index (χ4n) is 4.51. The minimum absolute atomic E-state index is 0.325. The molecule has 2 aliphatic heterocycles. The number of hydrogen-bond acceptors (Lipinski definition) is 10. The lowest BCUT2D eigenvalue weighted by Crippen LogP contribution is -2.38. The molecular weight excluding hydrogens is 497 g/mol. The van der Waals surface area contributed by atoms with Crippen molar-refractivity contribution in [1.29, 1.82) is 0 Å². The van der Waals surface area contributed by atoms with E-state index < -0.39 is 5.91 Å². The maximum atomic E-state index is 14.3. The SMILES string of the molecule is Cc1noc(C)c1-c1cc(F)cc(CNCC2CCN(c3nccc(/C=C4/SC(=O)NC4=O)n3)CC2)n1. The Labute approximate surface area is 217 Å². The minimum Gasteiger partial charge on any atom is -0.361 e. The average Bonchev–Trinajstić information content (AvgIpc) is 3.38. The number of piperidine rings is 1. The molecule has 12 heteroatoms. The molecule has 2 saturated heterocycles. The number of aromatic nitrogens is 4. The predicted octanol–water partition coefficient (Wildman–Crippen LogP) is 3.61. The number of nitrogens with zero attached hydrogens (tertiary/aromatic N) is 5. The quantitative estimate of drug-likeness (QED) is 0.444. The van der Waals surface area contributed by atoms with Crippen molar-refractivity contribution in [1.82, 2.24) is 30.7 Å². The maximum Gasteiger partial charge on any atom is 0.290 e. The van der Waals surface area contributed by atoms with Gasteiger partial charge in [-0.3, -0.25) is 19.9 Å². The standard InChI is InChI=1S/C25H26FN7O3S/c1-14-22(15(2)36-32-14)20-10-17(26)9-19(29-20)13-27-12-16-4-7-33(8-5-16)24-28-6-3-18(30-24)11-21-23(34)31-25(35)37-21/h3,6,9-11,16,27H,4-5,7-8,12-13H2,1-2H3,(H,31,34,35)/b21-11+. The molecule has 0 unspecified atom stereocenters. The van der Waals surface area contributed by atoms with Gasteiger partial charge in [0.1, 0.15) is 11.6 Å². The van der Waals surface area contributed by atoms with Gasteiger partial charge in [0.15, 0.2) is 0 Å². The van der Waals surface area contributed by atoms with Gasteiger partial charge in [-0.05, 0) is 69.1 Å². The van der Waals surface area contributed by atoms with Crippen LogP contribution >= 0.6 is 11.8 Å². The first-order chi connectivity index (χ1) is 17.9.